The molecular formula is C15H18F3N3O2S. The van der Waals surface area contributed by atoms with Gasteiger partial charge in [0.1, 0.15) is 0 Å². The lowest BCUT2D eigenvalue weighted by molar-refractivity contribution is -0.137. The summed E-state index contributed by atoms with van der Waals surface area (Å²) in [6, 6.07) is 5.66. The van der Waals surface area contributed by atoms with Crippen LogP contribution in [0.25, 0.3) is 0 Å². The van der Waals surface area contributed by atoms with Gasteiger partial charge in [0.25, 0.3) is 0 Å². The lowest BCUT2D eigenvalue weighted by Gasteiger charge is -2.34. The van der Waals surface area contributed by atoms with Gasteiger partial charge in [-0.25, -0.2) is 8.42 Å². The molecule has 0 amide bonds. The van der Waals surface area contributed by atoms with Crippen LogP contribution in [0.5, 0.6) is 0 Å². The minimum absolute atomic E-state index is 0.136. The van der Waals surface area contributed by atoms with Gasteiger partial charge in [-0.15, -0.1) is 0 Å². The molecule has 1 aromatic rings. The van der Waals surface area contributed by atoms with Gasteiger partial charge >= 0.3 is 6.18 Å². The van der Waals surface area contributed by atoms with Gasteiger partial charge in [0.05, 0.1) is 22.4 Å². The Balaban J connectivity index is 2.05. The number of hydrogen-bond donors (Lipinski definition) is 0. The summed E-state index contributed by atoms with van der Waals surface area (Å²) in [4.78, 5) is 1.86. The number of sulfonamides is 1. The highest BCUT2D eigenvalue weighted by molar-refractivity contribution is 7.89. The number of nitrogens with zero attached hydrogens (tertiary/aromatic N) is 3. The third-order valence-corrected chi connectivity index (χ3v) is 5.82. The predicted molar refractivity (Wildman–Crippen MR) is 81.4 cm³/mol. The molecule has 0 aromatic heterocycles. The number of hydrogen-bond acceptors (Lipinski definition) is 4. The highest BCUT2D eigenvalue weighted by Crippen LogP contribution is 2.30. The van der Waals surface area contributed by atoms with Crippen LogP contribution < -0.4 is 0 Å². The maximum atomic E-state index is 12.6. The molecule has 0 saturated carbocycles. The van der Waals surface area contributed by atoms with Gasteiger partial charge in [-0.2, -0.15) is 22.7 Å². The van der Waals surface area contributed by atoms with E-state index in [9.17, 15) is 21.6 Å². The van der Waals surface area contributed by atoms with Gasteiger partial charge in [-0.05, 0) is 31.2 Å². The number of halogens is 3. The molecule has 1 aromatic carbocycles. The second kappa shape index (κ2) is 7.09. The molecule has 132 valence electrons. The van der Waals surface area contributed by atoms with Gasteiger partial charge in [0.2, 0.25) is 10.0 Å². The zero-order valence-electron chi connectivity index (χ0n) is 13.1. The van der Waals surface area contributed by atoms with Crippen molar-refractivity contribution >= 4 is 10.0 Å². The molecule has 1 atom stereocenters. The summed E-state index contributed by atoms with van der Waals surface area (Å²) in [5.41, 5.74) is -0.878. The second-order valence-corrected chi connectivity index (χ2v) is 7.69. The Morgan fingerprint density at radius 1 is 1.17 bits per heavy atom. The van der Waals surface area contributed by atoms with E-state index in [1.54, 1.807) is 6.92 Å². The lowest BCUT2D eigenvalue weighted by Crippen LogP contribution is -2.49. The zero-order chi connectivity index (χ0) is 18.0. The lowest BCUT2D eigenvalue weighted by atomic mass is 10.2. The Bertz CT molecular complexity index is 703. The standard InChI is InChI=1S/C15H18F3N3O2S/c1-12(10-19)11-20-6-8-21(9-7-20)24(22,23)14-4-2-13(3-5-14)15(16,17)18/h2-5,12H,6-9,11H2,1H3/t12-/m0/s1. The average molecular weight is 361 g/mol. The van der Waals surface area contributed by atoms with E-state index in [1.807, 2.05) is 4.90 Å². The van der Waals surface area contributed by atoms with Gasteiger partial charge in [-0.1, -0.05) is 0 Å². The molecule has 1 aliphatic rings. The summed E-state index contributed by atoms with van der Waals surface area (Å²) in [6.45, 7) is 3.86. The molecule has 0 aliphatic carbocycles. The Labute approximate surface area is 139 Å². The highest BCUT2D eigenvalue weighted by Gasteiger charge is 2.32. The molecule has 0 N–H and O–H groups in total. The Morgan fingerprint density at radius 2 is 1.71 bits per heavy atom. The fourth-order valence-corrected chi connectivity index (χ4v) is 3.97. The van der Waals surface area contributed by atoms with Gasteiger partial charge in [0.15, 0.2) is 0 Å². The Hall–Kier alpha value is -1.63. The van der Waals surface area contributed by atoms with Crippen molar-refractivity contribution in [3.05, 3.63) is 29.8 Å². The number of rotatable bonds is 4. The summed E-state index contributed by atoms with van der Waals surface area (Å²) in [6.07, 6.45) is -4.49. The predicted octanol–water partition coefficient (Wildman–Crippen LogP) is 2.17. The molecule has 0 unspecified atom stereocenters. The van der Waals surface area contributed by atoms with Gasteiger partial charge in [-0.3, -0.25) is 4.90 Å². The molecule has 0 bridgehead atoms. The molecule has 9 heteroatoms. The molecule has 0 spiro atoms. The summed E-state index contributed by atoms with van der Waals surface area (Å²) >= 11 is 0. The van der Waals surface area contributed by atoms with Crippen molar-refractivity contribution in [3.63, 3.8) is 0 Å². The zero-order valence-corrected chi connectivity index (χ0v) is 13.9. The van der Waals surface area contributed by atoms with Crippen molar-refractivity contribution in [2.75, 3.05) is 32.7 Å². The molecule has 1 heterocycles. The molecule has 24 heavy (non-hydrogen) atoms. The SMILES string of the molecule is C[C@@H](C#N)CN1CCN(S(=O)(=O)c2ccc(C(F)(F)F)cc2)CC1. The minimum atomic E-state index is -4.49. The first-order valence-electron chi connectivity index (χ1n) is 7.44. The normalized spacial score (nSPS) is 19.0. The molecule has 1 aliphatic heterocycles. The summed E-state index contributed by atoms with van der Waals surface area (Å²) in [5, 5.41) is 8.81. The van der Waals surface area contributed by atoms with E-state index in [-0.39, 0.29) is 23.9 Å². The summed E-state index contributed by atoms with van der Waals surface area (Å²) in [7, 11) is -3.81. The van der Waals surface area contributed by atoms with Crippen molar-refractivity contribution < 1.29 is 21.6 Å². The first-order valence-corrected chi connectivity index (χ1v) is 8.88. The van der Waals surface area contributed by atoms with Crippen LogP contribution in [-0.4, -0.2) is 50.3 Å². The molecular weight excluding hydrogens is 343 g/mol. The van der Waals surface area contributed by atoms with Crippen molar-refractivity contribution in [1.82, 2.24) is 9.21 Å². The van der Waals surface area contributed by atoms with E-state index in [2.05, 4.69) is 6.07 Å². The van der Waals surface area contributed by atoms with Crippen molar-refractivity contribution in [2.24, 2.45) is 5.92 Å². The van der Waals surface area contributed by atoms with Crippen molar-refractivity contribution in [2.45, 2.75) is 18.0 Å². The van der Waals surface area contributed by atoms with E-state index in [0.29, 0.717) is 19.6 Å². The first-order chi connectivity index (χ1) is 11.1. The number of piperazine rings is 1. The van der Waals surface area contributed by atoms with Crippen LogP contribution >= 0.6 is 0 Å². The molecule has 2 rings (SSSR count). The molecule has 1 saturated heterocycles. The maximum Gasteiger partial charge on any atom is 0.416 e. The van der Waals surface area contributed by atoms with Crippen LogP contribution in [0, 0.1) is 17.2 Å². The van der Waals surface area contributed by atoms with E-state index in [4.69, 9.17) is 5.26 Å². The molecule has 1 fully saturated rings. The van der Waals surface area contributed by atoms with Crippen molar-refractivity contribution in [1.29, 1.82) is 5.26 Å². The number of nitriles is 1. The fraction of sp³-hybridized carbons (Fsp3) is 0.533. The smallest absolute Gasteiger partial charge is 0.299 e. The van der Waals surface area contributed by atoms with Gasteiger partial charge < -0.3 is 0 Å². The topological polar surface area (TPSA) is 64.4 Å². The highest BCUT2D eigenvalue weighted by atomic mass is 32.2. The Kier molecular flexibility index (Phi) is 5.52. The van der Waals surface area contributed by atoms with E-state index in [1.165, 1.54) is 4.31 Å². The number of benzene rings is 1. The summed E-state index contributed by atoms with van der Waals surface area (Å²) in [5.74, 6) is -0.136. The molecule has 0 radical (unpaired) electrons. The van der Waals surface area contributed by atoms with Gasteiger partial charge in [0, 0.05) is 32.7 Å². The van der Waals surface area contributed by atoms with Crippen LogP contribution in [-0.2, 0) is 16.2 Å². The largest absolute Gasteiger partial charge is 0.416 e. The van der Waals surface area contributed by atoms with Crippen LogP contribution in [0.1, 0.15) is 12.5 Å². The molecule has 5 nitrogen and oxygen atoms in total. The quantitative estimate of drug-likeness (QED) is 0.825. The van der Waals surface area contributed by atoms with Crippen molar-refractivity contribution in [3.8, 4) is 6.07 Å². The van der Waals surface area contributed by atoms with Crippen LogP contribution in [0.15, 0.2) is 29.2 Å². The van der Waals surface area contributed by atoms with Crippen LogP contribution in [0.3, 0.4) is 0 Å². The first kappa shape index (κ1) is 18.7. The van der Waals surface area contributed by atoms with E-state index in [0.717, 1.165) is 24.3 Å². The third-order valence-electron chi connectivity index (χ3n) is 3.90. The number of alkyl halides is 3. The Morgan fingerprint density at radius 3 is 2.17 bits per heavy atom. The summed E-state index contributed by atoms with van der Waals surface area (Å²) < 4.78 is 64.0. The monoisotopic (exact) mass is 361 g/mol. The minimum Gasteiger partial charge on any atom is -0.299 e. The van der Waals surface area contributed by atoms with Crippen LogP contribution in [0.2, 0.25) is 0 Å². The maximum absolute atomic E-state index is 12.6. The van der Waals surface area contributed by atoms with E-state index >= 15 is 0 Å². The second-order valence-electron chi connectivity index (χ2n) is 5.76. The fourth-order valence-electron chi connectivity index (χ4n) is 2.55. The average Bonchev–Trinajstić information content (AvgIpc) is 2.54. The third kappa shape index (κ3) is 4.26. The van der Waals surface area contributed by atoms with Crippen LogP contribution in [0.4, 0.5) is 13.2 Å². The van der Waals surface area contributed by atoms with E-state index < -0.39 is 21.8 Å².